The summed E-state index contributed by atoms with van der Waals surface area (Å²) in [5.41, 5.74) is 0.867. The Morgan fingerprint density at radius 2 is 1.87 bits per heavy atom. The number of carboxylic acid groups (broad SMARTS) is 1. The molecule has 168 valence electrons. The Bertz CT molecular complexity index is 860. The van der Waals surface area contributed by atoms with Gasteiger partial charge in [-0.15, -0.1) is 11.8 Å². The number of benzene rings is 1. The van der Waals surface area contributed by atoms with Gasteiger partial charge in [-0.25, -0.2) is 4.79 Å². The Morgan fingerprint density at radius 3 is 2.48 bits per heavy atom. The zero-order valence-corrected chi connectivity index (χ0v) is 18.8. The van der Waals surface area contributed by atoms with Crippen LogP contribution in [0.5, 0.6) is 0 Å². The van der Waals surface area contributed by atoms with Gasteiger partial charge < -0.3 is 20.6 Å². The van der Waals surface area contributed by atoms with E-state index < -0.39 is 28.7 Å². The minimum absolute atomic E-state index is 0.0814. The SMILES string of the molecule is CC(=O)NCCCC[C@H](C(=O)N[C@@H]1C(=O)N2[C@@H]1SC(C)(C)[C@@H]2C(=O)O)c1ccccc1. The van der Waals surface area contributed by atoms with Crippen molar-refractivity contribution in [2.75, 3.05) is 6.54 Å². The van der Waals surface area contributed by atoms with Gasteiger partial charge in [-0.3, -0.25) is 14.4 Å². The molecule has 8 nitrogen and oxygen atoms in total. The molecule has 3 rings (SSSR count). The van der Waals surface area contributed by atoms with E-state index in [9.17, 15) is 24.3 Å². The Morgan fingerprint density at radius 1 is 1.19 bits per heavy atom. The Kier molecular flexibility index (Phi) is 6.93. The molecule has 4 atom stereocenters. The van der Waals surface area contributed by atoms with Gasteiger partial charge in [0.2, 0.25) is 17.7 Å². The van der Waals surface area contributed by atoms with Crippen molar-refractivity contribution in [1.29, 1.82) is 0 Å². The molecule has 0 spiro atoms. The molecule has 0 bridgehead atoms. The summed E-state index contributed by atoms with van der Waals surface area (Å²) in [5, 5.41) is 14.8. The van der Waals surface area contributed by atoms with Crippen LogP contribution in [-0.4, -0.2) is 62.4 Å². The third-order valence-electron chi connectivity index (χ3n) is 5.78. The fraction of sp³-hybridized carbons (Fsp3) is 0.545. The van der Waals surface area contributed by atoms with E-state index in [1.165, 1.54) is 23.6 Å². The van der Waals surface area contributed by atoms with E-state index in [2.05, 4.69) is 10.6 Å². The highest BCUT2D eigenvalue weighted by atomic mass is 32.2. The van der Waals surface area contributed by atoms with Crippen LogP contribution in [0.25, 0.3) is 0 Å². The number of carbonyl (C=O) groups excluding carboxylic acids is 3. The van der Waals surface area contributed by atoms with Crippen molar-refractivity contribution in [3.8, 4) is 0 Å². The van der Waals surface area contributed by atoms with Gasteiger partial charge >= 0.3 is 5.97 Å². The van der Waals surface area contributed by atoms with Gasteiger partial charge in [0, 0.05) is 18.2 Å². The van der Waals surface area contributed by atoms with E-state index in [1.807, 2.05) is 44.2 Å². The predicted octanol–water partition coefficient (Wildman–Crippen LogP) is 1.71. The molecule has 2 fully saturated rings. The molecular weight excluding hydrogens is 418 g/mol. The largest absolute Gasteiger partial charge is 0.480 e. The number of hydrogen-bond acceptors (Lipinski definition) is 5. The average Bonchev–Trinajstić information content (AvgIpc) is 2.97. The fourth-order valence-corrected chi connectivity index (χ4v) is 5.90. The van der Waals surface area contributed by atoms with Gasteiger partial charge in [0.05, 0.1) is 5.92 Å². The topological polar surface area (TPSA) is 116 Å². The molecule has 3 amide bonds. The second-order valence-electron chi connectivity index (χ2n) is 8.53. The van der Waals surface area contributed by atoms with Crippen LogP contribution in [0.2, 0.25) is 0 Å². The molecule has 2 saturated heterocycles. The number of fused-ring (bicyclic) bond motifs is 1. The number of nitrogens with zero attached hydrogens (tertiary/aromatic N) is 1. The van der Waals surface area contributed by atoms with E-state index in [4.69, 9.17) is 0 Å². The molecular formula is C22H29N3O5S. The maximum atomic E-state index is 13.2. The quantitative estimate of drug-likeness (QED) is 0.392. The van der Waals surface area contributed by atoms with Crippen molar-refractivity contribution in [3.05, 3.63) is 35.9 Å². The van der Waals surface area contributed by atoms with Crippen molar-refractivity contribution in [1.82, 2.24) is 15.5 Å². The van der Waals surface area contributed by atoms with Crippen molar-refractivity contribution >= 4 is 35.5 Å². The first kappa shape index (κ1) is 23.1. The number of nitrogens with one attached hydrogen (secondary N) is 2. The predicted molar refractivity (Wildman–Crippen MR) is 117 cm³/mol. The lowest BCUT2D eigenvalue weighted by atomic mass is 9.91. The monoisotopic (exact) mass is 447 g/mol. The van der Waals surface area contributed by atoms with Gasteiger partial charge in [0.1, 0.15) is 17.5 Å². The summed E-state index contributed by atoms with van der Waals surface area (Å²) >= 11 is 1.41. The molecule has 0 aromatic heterocycles. The van der Waals surface area contributed by atoms with Crippen LogP contribution < -0.4 is 10.6 Å². The maximum Gasteiger partial charge on any atom is 0.327 e. The molecule has 3 N–H and O–H groups in total. The molecule has 0 aliphatic carbocycles. The molecule has 2 aliphatic rings. The third kappa shape index (κ3) is 4.87. The molecule has 9 heteroatoms. The second-order valence-corrected chi connectivity index (χ2v) is 10.3. The van der Waals surface area contributed by atoms with Crippen LogP contribution in [0.4, 0.5) is 0 Å². The Hall–Kier alpha value is -2.55. The number of carboxylic acids is 1. The first-order chi connectivity index (χ1) is 14.6. The lowest BCUT2D eigenvalue weighted by Gasteiger charge is -2.44. The number of β-lactam (4-membered cyclic amide) rings is 1. The van der Waals surface area contributed by atoms with Gasteiger partial charge in [0.25, 0.3) is 0 Å². The van der Waals surface area contributed by atoms with Crippen LogP contribution in [0, 0.1) is 0 Å². The number of hydrogen-bond donors (Lipinski definition) is 3. The molecule has 1 aromatic rings. The minimum atomic E-state index is -1.03. The van der Waals surface area contributed by atoms with Crippen LogP contribution in [0.3, 0.4) is 0 Å². The highest BCUT2D eigenvalue weighted by molar-refractivity contribution is 8.01. The smallest absolute Gasteiger partial charge is 0.327 e. The van der Waals surface area contributed by atoms with Gasteiger partial charge in [-0.1, -0.05) is 36.8 Å². The Balaban J connectivity index is 1.66. The molecule has 0 radical (unpaired) electrons. The number of carbonyl (C=O) groups is 4. The summed E-state index contributed by atoms with van der Waals surface area (Å²) in [6.45, 7) is 5.64. The van der Waals surface area contributed by atoms with Crippen LogP contribution in [0.1, 0.15) is 51.5 Å². The standard InChI is InChI=1S/C22H29N3O5S/c1-13(26)23-12-8-7-11-15(14-9-5-4-6-10-14)18(27)24-16-19(28)25-17(21(29)30)22(2,3)31-20(16)25/h4-6,9-10,15-17,20H,7-8,11-12H2,1-3H3,(H,23,26)(H,24,27)(H,29,30)/t15-,16+,17-,20+/m0/s1. The van der Waals surface area contributed by atoms with Gasteiger partial charge in [0.15, 0.2) is 0 Å². The molecule has 0 saturated carbocycles. The number of amides is 3. The number of rotatable bonds is 9. The summed E-state index contributed by atoms with van der Waals surface area (Å²) < 4.78 is -0.631. The highest BCUT2D eigenvalue weighted by Crippen LogP contribution is 2.50. The lowest BCUT2D eigenvalue weighted by Crippen LogP contribution is -2.70. The van der Waals surface area contributed by atoms with E-state index in [0.29, 0.717) is 13.0 Å². The first-order valence-electron chi connectivity index (χ1n) is 10.5. The summed E-state index contributed by atoms with van der Waals surface area (Å²) in [6, 6.07) is 7.79. The molecule has 2 aliphatic heterocycles. The fourth-order valence-electron chi connectivity index (χ4n) is 4.27. The van der Waals surface area contributed by atoms with E-state index in [-0.39, 0.29) is 23.1 Å². The highest BCUT2D eigenvalue weighted by Gasteiger charge is 2.64. The molecule has 31 heavy (non-hydrogen) atoms. The maximum absolute atomic E-state index is 13.2. The third-order valence-corrected chi connectivity index (χ3v) is 7.36. The Labute approximate surface area is 186 Å². The van der Waals surface area contributed by atoms with Crippen molar-refractivity contribution in [3.63, 3.8) is 0 Å². The van der Waals surface area contributed by atoms with Crippen molar-refractivity contribution < 1.29 is 24.3 Å². The van der Waals surface area contributed by atoms with E-state index >= 15 is 0 Å². The second kappa shape index (κ2) is 9.30. The molecule has 1 aromatic carbocycles. The van der Waals surface area contributed by atoms with Gasteiger partial charge in [-0.05, 0) is 32.3 Å². The van der Waals surface area contributed by atoms with Gasteiger partial charge in [-0.2, -0.15) is 0 Å². The summed E-state index contributed by atoms with van der Waals surface area (Å²) in [4.78, 5) is 49.9. The number of aliphatic carboxylic acids is 1. The van der Waals surface area contributed by atoms with Crippen molar-refractivity contribution in [2.45, 2.75) is 68.2 Å². The van der Waals surface area contributed by atoms with Crippen LogP contribution in [0.15, 0.2) is 30.3 Å². The van der Waals surface area contributed by atoms with E-state index in [0.717, 1.165) is 18.4 Å². The zero-order valence-electron chi connectivity index (χ0n) is 18.0. The summed E-state index contributed by atoms with van der Waals surface area (Å²) in [7, 11) is 0. The lowest BCUT2D eigenvalue weighted by molar-refractivity contribution is -0.161. The minimum Gasteiger partial charge on any atom is -0.480 e. The number of unbranched alkanes of at least 4 members (excludes halogenated alkanes) is 1. The molecule has 2 heterocycles. The normalized spacial score (nSPS) is 24.7. The summed E-state index contributed by atoms with van der Waals surface area (Å²) in [5.74, 6) is -2.11. The van der Waals surface area contributed by atoms with Crippen LogP contribution in [-0.2, 0) is 19.2 Å². The first-order valence-corrected chi connectivity index (χ1v) is 11.3. The average molecular weight is 448 g/mol. The number of thioether (sulfide) groups is 1. The van der Waals surface area contributed by atoms with Crippen LogP contribution >= 0.6 is 11.8 Å². The van der Waals surface area contributed by atoms with E-state index in [1.54, 1.807) is 0 Å². The van der Waals surface area contributed by atoms with Crippen molar-refractivity contribution in [2.24, 2.45) is 0 Å². The summed E-state index contributed by atoms with van der Waals surface area (Å²) in [6.07, 6.45) is 2.07. The molecule has 0 unspecified atom stereocenters. The zero-order chi connectivity index (χ0) is 22.8.